The summed E-state index contributed by atoms with van der Waals surface area (Å²) in [5.74, 6) is -0.698. The smallest absolute Gasteiger partial charge is 0.249 e. The van der Waals surface area contributed by atoms with Crippen LogP contribution in [-0.4, -0.2) is 121 Å². The molecule has 1 fully saturated rings. The summed E-state index contributed by atoms with van der Waals surface area (Å²) in [4.78, 5) is 13.1. The van der Waals surface area contributed by atoms with Crippen LogP contribution in [0.5, 0.6) is 0 Å². The number of aliphatic hydroxyl groups excluding tert-OH is 7. The van der Waals surface area contributed by atoms with Gasteiger partial charge in [-0.1, -0.05) is 186 Å². The van der Waals surface area contributed by atoms with E-state index < -0.39 is 79.8 Å². The summed E-state index contributed by atoms with van der Waals surface area (Å²) in [5, 5.41) is 86.2. The van der Waals surface area contributed by atoms with Gasteiger partial charge in [0.25, 0.3) is 0 Å². The van der Waals surface area contributed by atoms with Gasteiger partial charge in [-0.2, -0.15) is 0 Å². The number of allylic oxidation sites excluding steroid dienone is 2. The SMILES string of the molecule is CCCCCCCC=CC(C)(O)C(O)CCC=CC(O)C(COC1OC(CO)C(O)C(O)C1O)NC(=O)C(O)CCCCCCCCCCCCCCCCCCCCC. The van der Waals surface area contributed by atoms with Crippen LogP contribution in [0.15, 0.2) is 24.3 Å². The average molecular weight is 858 g/mol. The Morgan fingerprint density at radius 3 is 1.65 bits per heavy atom. The van der Waals surface area contributed by atoms with Gasteiger partial charge in [-0.25, -0.2) is 0 Å². The second-order valence-corrected chi connectivity index (χ2v) is 17.7. The highest BCUT2D eigenvalue weighted by Crippen LogP contribution is 2.23. The van der Waals surface area contributed by atoms with Gasteiger partial charge in [-0.15, -0.1) is 0 Å². The summed E-state index contributed by atoms with van der Waals surface area (Å²) in [5.41, 5.74) is -1.42. The number of hydrogen-bond donors (Lipinski definition) is 9. The molecule has 0 spiro atoms. The van der Waals surface area contributed by atoms with Crippen molar-refractivity contribution in [3.63, 3.8) is 0 Å². The van der Waals surface area contributed by atoms with Crippen LogP contribution in [0.4, 0.5) is 0 Å². The lowest BCUT2D eigenvalue weighted by atomic mass is 9.94. The van der Waals surface area contributed by atoms with Crippen molar-refractivity contribution in [1.29, 1.82) is 0 Å². The maximum absolute atomic E-state index is 13.1. The van der Waals surface area contributed by atoms with Gasteiger partial charge in [0.1, 0.15) is 36.1 Å². The van der Waals surface area contributed by atoms with E-state index in [4.69, 9.17) is 9.47 Å². The van der Waals surface area contributed by atoms with E-state index in [1.807, 2.05) is 6.08 Å². The molecule has 0 radical (unpaired) electrons. The first kappa shape index (κ1) is 56.6. The van der Waals surface area contributed by atoms with E-state index in [9.17, 15) is 45.6 Å². The molecule has 1 amide bonds. The molecule has 1 aliphatic heterocycles. The maximum Gasteiger partial charge on any atom is 0.249 e. The standard InChI is InChI=1S/C48H91NO11/c1-4-6-8-10-12-13-14-15-16-17-18-19-20-21-22-23-24-26-28-33-40(52)46(57)49-38(37-59-47-45(56)44(55)43(54)41(36-50)60-47)39(51)32-29-30-34-42(53)48(3,58)35-31-27-25-11-9-7-5-2/h29,31-32,35,38-45,47,50-56,58H,4-28,30,33-34,36-37H2,1-3H3,(H,49,57). The van der Waals surface area contributed by atoms with Crippen LogP contribution in [0.25, 0.3) is 0 Å². The molecule has 60 heavy (non-hydrogen) atoms. The average Bonchev–Trinajstić information content (AvgIpc) is 3.23. The van der Waals surface area contributed by atoms with Crippen LogP contribution in [-0.2, 0) is 14.3 Å². The second kappa shape index (κ2) is 35.9. The molecule has 9 N–H and O–H groups in total. The van der Waals surface area contributed by atoms with Crippen LogP contribution in [0.2, 0.25) is 0 Å². The Morgan fingerprint density at radius 2 is 1.15 bits per heavy atom. The van der Waals surface area contributed by atoms with Gasteiger partial charge in [-0.05, 0) is 39.0 Å². The van der Waals surface area contributed by atoms with E-state index in [-0.39, 0.29) is 12.8 Å². The van der Waals surface area contributed by atoms with Gasteiger partial charge in [0, 0.05) is 0 Å². The number of carbonyl (C=O) groups is 1. The predicted molar refractivity (Wildman–Crippen MR) is 239 cm³/mol. The summed E-state index contributed by atoms with van der Waals surface area (Å²) in [6.07, 6.45) is 26.4. The van der Waals surface area contributed by atoms with E-state index >= 15 is 0 Å². The molecular weight excluding hydrogens is 767 g/mol. The number of unbranched alkanes of at least 4 members (excludes halogenated alkanes) is 23. The van der Waals surface area contributed by atoms with Crippen molar-refractivity contribution in [2.45, 2.75) is 261 Å². The van der Waals surface area contributed by atoms with Gasteiger partial charge >= 0.3 is 0 Å². The number of aliphatic hydroxyl groups is 8. The third-order valence-corrected chi connectivity index (χ3v) is 12.0. The van der Waals surface area contributed by atoms with Crippen molar-refractivity contribution in [1.82, 2.24) is 5.32 Å². The molecule has 0 bridgehead atoms. The predicted octanol–water partition coefficient (Wildman–Crippen LogP) is 7.20. The first-order valence-corrected chi connectivity index (χ1v) is 24.2. The topological polar surface area (TPSA) is 209 Å². The van der Waals surface area contributed by atoms with Crippen LogP contribution in [0.3, 0.4) is 0 Å². The van der Waals surface area contributed by atoms with E-state index in [1.165, 1.54) is 122 Å². The summed E-state index contributed by atoms with van der Waals surface area (Å²) in [6.45, 7) is 4.93. The van der Waals surface area contributed by atoms with Gasteiger partial charge < -0.3 is 55.6 Å². The molecule has 0 aliphatic carbocycles. The lowest BCUT2D eigenvalue weighted by Crippen LogP contribution is -2.60. The highest BCUT2D eigenvalue weighted by molar-refractivity contribution is 5.80. The largest absolute Gasteiger partial charge is 0.394 e. The molecule has 1 aliphatic rings. The van der Waals surface area contributed by atoms with Crippen molar-refractivity contribution in [2.24, 2.45) is 0 Å². The molecule has 0 saturated carbocycles. The normalized spacial score (nSPS) is 22.9. The Morgan fingerprint density at radius 1 is 0.667 bits per heavy atom. The van der Waals surface area contributed by atoms with Crippen molar-refractivity contribution in [2.75, 3.05) is 13.2 Å². The first-order valence-electron chi connectivity index (χ1n) is 24.2. The van der Waals surface area contributed by atoms with E-state index in [0.717, 1.165) is 38.5 Å². The molecule has 1 rings (SSSR count). The Labute approximate surface area is 364 Å². The third kappa shape index (κ3) is 26.2. The van der Waals surface area contributed by atoms with Gasteiger partial charge in [0.2, 0.25) is 5.91 Å². The number of rotatable bonds is 39. The van der Waals surface area contributed by atoms with Gasteiger partial charge in [0.15, 0.2) is 6.29 Å². The van der Waals surface area contributed by atoms with E-state index in [2.05, 4.69) is 19.2 Å². The summed E-state index contributed by atoms with van der Waals surface area (Å²) in [6, 6.07) is -1.12. The first-order chi connectivity index (χ1) is 28.9. The van der Waals surface area contributed by atoms with Crippen molar-refractivity contribution < 1.29 is 55.1 Å². The molecule has 12 heteroatoms. The van der Waals surface area contributed by atoms with Gasteiger partial charge in [-0.3, -0.25) is 4.79 Å². The monoisotopic (exact) mass is 858 g/mol. The Hall–Kier alpha value is -1.45. The fourth-order valence-electron chi connectivity index (χ4n) is 7.67. The molecular formula is C48H91NO11. The fourth-order valence-corrected chi connectivity index (χ4v) is 7.67. The number of nitrogens with one attached hydrogen (secondary N) is 1. The quantitative estimate of drug-likeness (QED) is 0.0223. The minimum atomic E-state index is -1.67. The zero-order chi connectivity index (χ0) is 44.4. The molecule has 1 saturated heterocycles. The zero-order valence-corrected chi connectivity index (χ0v) is 38.0. The third-order valence-electron chi connectivity index (χ3n) is 12.0. The summed E-state index contributed by atoms with van der Waals surface area (Å²) in [7, 11) is 0. The molecule has 0 aromatic rings. The van der Waals surface area contributed by atoms with E-state index in [1.54, 1.807) is 19.1 Å². The van der Waals surface area contributed by atoms with Crippen molar-refractivity contribution >= 4 is 5.91 Å². The highest BCUT2D eigenvalue weighted by Gasteiger charge is 2.44. The number of amides is 1. The van der Waals surface area contributed by atoms with Crippen molar-refractivity contribution in [3.8, 4) is 0 Å². The van der Waals surface area contributed by atoms with Crippen molar-refractivity contribution in [3.05, 3.63) is 24.3 Å². The highest BCUT2D eigenvalue weighted by atomic mass is 16.7. The van der Waals surface area contributed by atoms with Crippen LogP contribution in [0.1, 0.15) is 201 Å². The Balaban J connectivity index is 2.51. The number of carbonyl (C=O) groups excluding carboxylic acids is 1. The number of hydrogen-bond acceptors (Lipinski definition) is 11. The molecule has 10 unspecified atom stereocenters. The Bertz CT molecular complexity index is 1070. The minimum absolute atomic E-state index is 0.202. The van der Waals surface area contributed by atoms with Crippen LogP contribution >= 0.6 is 0 Å². The van der Waals surface area contributed by atoms with Crippen LogP contribution in [0, 0.1) is 0 Å². The Kier molecular flexibility index (Phi) is 33.9. The molecule has 0 aromatic carbocycles. The van der Waals surface area contributed by atoms with E-state index in [0.29, 0.717) is 12.8 Å². The van der Waals surface area contributed by atoms with Crippen LogP contribution < -0.4 is 5.32 Å². The maximum atomic E-state index is 13.1. The molecule has 10 atom stereocenters. The van der Waals surface area contributed by atoms with Gasteiger partial charge in [0.05, 0.1) is 31.5 Å². The second-order valence-electron chi connectivity index (χ2n) is 17.7. The number of ether oxygens (including phenoxy) is 2. The zero-order valence-electron chi connectivity index (χ0n) is 38.0. The summed E-state index contributed by atoms with van der Waals surface area (Å²) >= 11 is 0. The lowest BCUT2D eigenvalue weighted by molar-refractivity contribution is -0.302. The lowest BCUT2D eigenvalue weighted by Gasteiger charge is -2.40. The molecule has 354 valence electrons. The summed E-state index contributed by atoms with van der Waals surface area (Å²) < 4.78 is 11.1. The molecule has 1 heterocycles. The fraction of sp³-hybridized carbons (Fsp3) is 0.896. The molecule has 0 aromatic heterocycles. The minimum Gasteiger partial charge on any atom is -0.394 e. The molecule has 12 nitrogen and oxygen atoms in total.